The largest absolute Gasteiger partial charge is 0.253 e. The van der Waals surface area contributed by atoms with Gasteiger partial charge in [-0.25, -0.2) is 0 Å². The second-order valence-electron chi connectivity index (χ2n) is 3.31. The molecule has 0 radical (unpaired) electrons. The lowest BCUT2D eigenvalue weighted by Gasteiger charge is -2.07. The van der Waals surface area contributed by atoms with Crippen molar-refractivity contribution in [1.29, 1.82) is 0 Å². The molecule has 14 heavy (non-hydrogen) atoms. The smallest absolute Gasteiger partial charge is 0.113 e. The maximum absolute atomic E-state index is 11.8. The summed E-state index contributed by atoms with van der Waals surface area (Å²) in [4.78, 5) is 0.823. The Labute approximate surface area is 92.9 Å². The number of hydrogen-bond acceptors (Lipinski definition) is 1. The number of aryl methyl sites for hydroxylation is 1. The van der Waals surface area contributed by atoms with Gasteiger partial charge >= 0.3 is 0 Å². The highest BCUT2D eigenvalue weighted by atomic mass is 35.5. The summed E-state index contributed by atoms with van der Waals surface area (Å²) in [6, 6.07) is 7.69. The van der Waals surface area contributed by atoms with Crippen molar-refractivity contribution in [3.63, 3.8) is 0 Å². The zero-order valence-electron chi connectivity index (χ0n) is 8.50. The van der Waals surface area contributed by atoms with Gasteiger partial charge in [-0.2, -0.15) is 0 Å². The van der Waals surface area contributed by atoms with Crippen LogP contribution in [0.3, 0.4) is 0 Å². The minimum absolute atomic E-state index is 0.261. The molecule has 3 heteroatoms. The Kier molecular flexibility index (Phi) is 4.63. The second-order valence-corrected chi connectivity index (χ2v) is 5.73. The summed E-state index contributed by atoms with van der Waals surface area (Å²) in [6.07, 6.45) is 1.76. The highest BCUT2D eigenvalue weighted by Crippen LogP contribution is 2.18. The molecule has 0 amide bonds. The quantitative estimate of drug-likeness (QED) is 0.724. The van der Waals surface area contributed by atoms with E-state index in [1.807, 2.05) is 38.1 Å². The Morgan fingerprint density at radius 3 is 2.43 bits per heavy atom. The summed E-state index contributed by atoms with van der Waals surface area (Å²) in [5.74, 6) is 0. The van der Waals surface area contributed by atoms with Gasteiger partial charge in [0, 0.05) is 4.90 Å². The van der Waals surface area contributed by atoms with E-state index in [0.29, 0.717) is 0 Å². The van der Waals surface area contributed by atoms with E-state index in [1.165, 1.54) is 5.56 Å². The first kappa shape index (κ1) is 11.7. The van der Waals surface area contributed by atoms with Crippen molar-refractivity contribution in [2.24, 2.45) is 0 Å². The van der Waals surface area contributed by atoms with Gasteiger partial charge in [0.25, 0.3) is 0 Å². The highest BCUT2D eigenvalue weighted by molar-refractivity contribution is 7.87. The molecule has 0 N–H and O–H groups in total. The normalized spacial score (nSPS) is 15.1. The molecule has 0 aliphatic carbocycles. The molecule has 0 aliphatic rings. The van der Waals surface area contributed by atoms with Crippen LogP contribution in [0.4, 0.5) is 0 Å². The van der Waals surface area contributed by atoms with E-state index in [4.69, 9.17) is 11.6 Å². The summed E-state index contributed by atoms with van der Waals surface area (Å²) in [5.41, 5.74) is 1.17. The minimum atomic E-state index is -1.07. The van der Waals surface area contributed by atoms with Crippen LogP contribution in [0.2, 0.25) is 0 Å². The summed E-state index contributed by atoms with van der Waals surface area (Å²) in [7, 11) is -1.07. The van der Waals surface area contributed by atoms with E-state index in [2.05, 4.69) is 0 Å². The van der Waals surface area contributed by atoms with Gasteiger partial charge in [0.05, 0.1) is 10.8 Å². The molecule has 0 saturated heterocycles. The van der Waals surface area contributed by atoms with Crippen LogP contribution in [-0.2, 0) is 10.8 Å². The molecule has 0 heterocycles. The average Bonchev–Trinajstić information content (AvgIpc) is 2.18. The lowest BCUT2D eigenvalue weighted by atomic mass is 10.2. The van der Waals surface area contributed by atoms with Crippen LogP contribution in [0, 0.1) is 6.92 Å². The summed E-state index contributed by atoms with van der Waals surface area (Å²) in [5, 5.41) is 0. The third kappa shape index (κ3) is 3.10. The molecular formula is C11H15ClOS. The molecule has 78 valence electrons. The van der Waals surface area contributed by atoms with Crippen molar-refractivity contribution < 1.29 is 4.21 Å². The molecule has 0 bridgehead atoms. The molecule has 0 saturated carbocycles. The van der Waals surface area contributed by atoms with Gasteiger partial charge in [-0.15, -0.1) is 11.6 Å². The zero-order chi connectivity index (χ0) is 10.6. The number of alkyl halides is 1. The predicted octanol–water partition coefficient (Wildman–Crippen LogP) is 3.47. The van der Waals surface area contributed by atoms with Crippen molar-refractivity contribution in [1.82, 2.24) is 0 Å². The fourth-order valence-corrected chi connectivity index (χ4v) is 2.83. The number of rotatable bonds is 4. The Hall–Kier alpha value is -0.340. The van der Waals surface area contributed by atoms with Crippen LogP contribution >= 0.6 is 11.6 Å². The molecule has 2 atom stereocenters. The molecule has 0 fully saturated rings. The standard InChI is InChI=1S/C11H15ClOS/c1-3-4-11(12)14(13)10-7-5-9(2)6-8-10/h5-8,11H,3-4H2,1-2H3/t11?,14-/m0/s1. The van der Waals surface area contributed by atoms with Gasteiger partial charge in [-0.1, -0.05) is 31.0 Å². The van der Waals surface area contributed by atoms with Crippen LogP contribution in [0.1, 0.15) is 25.3 Å². The average molecular weight is 231 g/mol. The van der Waals surface area contributed by atoms with Crippen LogP contribution in [-0.4, -0.2) is 8.92 Å². The SMILES string of the molecule is CCCC(Cl)[S@@](=O)c1ccc(C)cc1. The van der Waals surface area contributed by atoms with Gasteiger partial charge in [0.1, 0.15) is 4.71 Å². The van der Waals surface area contributed by atoms with E-state index in [0.717, 1.165) is 17.7 Å². The number of halogens is 1. The molecule has 0 aliphatic heterocycles. The Balaban J connectivity index is 2.74. The molecule has 1 aromatic carbocycles. The minimum Gasteiger partial charge on any atom is -0.253 e. The van der Waals surface area contributed by atoms with E-state index in [-0.39, 0.29) is 4.71 Å². The topological polar surface area (TPSA) is 17.1 Å². The molecule has 0 aromatic heterocycles. The van der Waals surface area contributed by atoms with Gasteiger partial charge in [0.15, 0.2) is 0 Å². The molecule has 1 nitrogen and oxygen atoms in total. The number of benzene rings is 1. The van der Waals surface area contributed by atoms with E-state index in [1.54, 1.807) is 0 Å². The van der Waals surface area contributed by atoms with Crippen LogP contribution in [0.5, 0.6) is 0 Å². The third-order valence-electron chi connectivity index (χ3n) is 2.00. The van der Waals surface area contributed by atoms with Gasteiger partial charge in [-0.05, 0) is 25.5 Å². The maximum atomic E-state index is 11.8. The van der Waals surface area contributed by atoms with Crippen molar-refractivity contribution in [3.05, 3.63) is 29.8 Å². The van der Waals surface area contributed by atoms with Crippen molar-refractivity contribution in [3.8, 4) is 0 Å². The Morgan fingerprint density at radius 1 is 1.36 bits per heavy atom. The van der Waals surface area contributed by atoms with Gasteiger partial charge in [0.2, 0.25) is 0 Å². The summed E-state index contributed by atoms with van der Waals surface area (Å²) >= 11 is 6.01. The zero-order valence-corrected chi connectivity index (χ0v) is 10.1. The first-order chi connectivity index (χ1) is 6.65. The highest BCUT2D eigenvalue weighted by Gasteiger charge is 2.13. The summed E-state index contributed by atoms with van der Waals surface area (Å²) in [6.45, 7) is 4.05. The summed E-state index contributed by atoms with van der Waals surface area (Å²) < 4.78 is 11.6. The van der Waals surface area contributed by atoms with Crippen molar-refractivity contribution in [2.75, 3.05) is 0 Å². The molecule has 1 unspecified atom stereocenters. The third-order valence-corrected chi connectivity index (χ3v) is 4.14. The lowest BCUT2D eigenvalue weighted by Crippen LogP contribution is -2.07. The lowest BCUT2D eigenvalue weighted by molar-refractivity contribution is 0.675. The molecule has 1 rings (SSSR count). The molecule has 1 aromatic rings. The van der Waals surface area contributed by atoms with Gasteiger partial charge in [-0.3, -0.25) is 4.21 Å². The van der Waals surface area contributed by atoms with Crippen molar-refractivity contribution >= 4 is 22.4 Å². The van der Waals surface area contributed by atoms with Crippen molar-refractivity contribution in [2.45, 2.75) is 36.3 Å². The monoisotopic (exact) mass is 230 g/mol. The van der Waals surface area contributed by atoms with Crippen LogP contribution in [0.15, 0.2) is 29.2 Å². The maximum Gasteiger partial charge on any atom is 0.113 e. The molecular weight excluding hydrogens is 216 g/mol. The second kappa shape index (κ2) is 5.52. The van der Waals surface area contributed by atoms with E-state index >= 15 is 0 Å². The fourth-order valence-electron chi connectivity index (χ4n) is 1.15. The Morgan fingerprint density at radius 2 is 1.93 bits per heavy atom. The van der Waals surface area contributed by atoms with E-state index in [9.17, 15) is 4.21 Å². The van der Waals surface area contributed by atoms with Crippen LogP contribution in [0.25, 0.3) is 0 Å². The first-order valence-corrected chi connectivity index (χ1v) is 6.41. The first-order valence-electron chi connectivity index (χ1n) is 4.76. The van der Waals surface area contributed by atoms with Gasteiger partial charge < -0.3 is 0 Å². The predicted molar refractivity (Wildman–Crippen MR) is 62.1 cm³/mol. The number of hydrogen-bond donors (Lipinski definition) is 0. The van der Waals surface area contributed by atoms with Crippen LogP contribution < -0.4 is 0 Å². The Bertz CT molecular complexity index is 308. The van der Waals surface area contributed by atoms with E-state index < -0.39 is 10.8 Å². The molecule has 0 spiro atoms. The fraction of sp³-hybridized carbons (Fsp3) is 0.455.